The van der Waals surface area contributed by atoms with E-state index in [2.05, 4.69) is 33.3 Å². The van der Waals surface area contributed by atoms with Crippen LogP contribution in [0.25, 0.3) is 0 Å². The van der Waals surface area contributed by atoms with E-state index < -0.39 is 26.9 Å². The van der Waals surface area contributed by atoms with Crippen molar-refractivity contribution in [1.82, 2.24) is 4.90 Å². The van der Waals surface area contributed by atoms with E-state index >= 15 is 0 Å². The van der Waals surface area contributed by atoms with Gasteiger partial charge in [-0.05, 0) is 50.8 Å². The number of hydrogen-bond donors (Lipinski definition) is 0. The zero-order valence-corrected chi connectivity index (χ0v) is 25.1. The number of non-ortho nitro benzene ring substituents is 1. The van der Waals surface area contributed by atoms with Crippen LogP contribution >= 0.6 is 10.3 Å². The van der Waals surface area contributed by atoms with Crippen molar-refractivity contribution in [3.63, 3.8) is 0 Å². The van der Waals surface area contributed by atoms with Crippen molar-refractivity contribution in [3.8, 4) is 0 Å². The van der Waals surface area contributed by atoms with Gasteiger partial charge in [-0.25, -0.2) is 4.79 Å². The molecule has 0 spiro atoms. The number of rotatable bonds is 9. The molecule has 0 heterocycles. The van der Waals surface area contributed by atoms with Gasteiger partial charge in [-0.1, -0.05) is 77.1 Å². The van der Waals surface area contributed by atoms with Gasteiger partial charge in [-0.15, -0.1) is 10.3 Å². The zero-order valence-electron chi connectivity index (χ0n) is 24.2. The van der Waals surface area contributed by atoms with E-state index in [-0.39, 0.29) is 16.5 Å². The third kappa shape index (κ3) is 10.7. The SMILES string of the molecule is CC.CC(C)(C)OC(=O)N(CCc1ccc([N+](=O)[O-])cc1)C[C@H](OS(C)(C)C(C)(C)C)c1ccccc1. The molecule has 0 aliphatic carbocycles. The first-order chi connectivity index (χ1) is 17.1. The monoisotopic (exact) mass is 534 g/mol. The number of benzene rings is 2. The lowest BCUT2D eigenvalue weighted by molar-refractivity contribution is -0.384. The average Bonchev–Trinajstić information content (AvgIpc) is 2.81. The molecule has 0 unspecified atom stereocenters. The Kier molecular flexibility index (Phi) is 12.1. The first-order valence-corrected chi connectivity index (χ1v) is 15.1. The van der Waals surface area contributed by atoms with Gasteiger partial charge in [0, 0.05) is 23.4 Å². The van der Waals surface area contributed by atoms with Crippen LogP contribution in [0.1, 0.15) is 72.6 Å². The molecule has 0 saturated heterocycles. The molecular formula is C29H46N2O5S. The Bertz CT molecular complexity index is 980. The number of nitro benzene ring substituents is 1. The number of hydrogen-bond acceptors (Lipinski definition) is 5. The molecule has 0 aromatic heterocycles. The highest BCUT2D eigenvalue weighted by Gasteiger charge is 2.34. The van der Waals surface area contributed by atoms with Gasteiger partial charge in [0.15, 0.2) is 0 Å². The van der Waals surface area contributed by atoms with Crippen LogP contribution in [-0.2, 0) is 15.3 Å². The van der Waals surface area contributed by atoms with Crippen molar-refractivity contribution in [1.29, 1.82) is 0 Å². The molecule has 0 aliphatic heterocycles. The van der Waals surface area contributed by atoms with E-state index in [0.717, 1.165) is 11.1 Å². The van der Waals surface area contributed by atoms with E-state index in [1.54, 1.807) is 17.0 Å². The summed E-state index contributed by atoms with van der Waals surface area (Å²) in [4.78, 5) is 25.4. The molecule has 37 heavy (non-hydrogen) atoms. The molecule has 0 bridgehead atoms. The third-order valence-corrected chi connectivity index (χ3v) is 9.52. The zero-order chi connectivity index (χ0) is 28.4. The second-order valence-electron chi connectivity index (χ2n) is 10.9. The highest BCUT2D eigenvalue weighted by atomic mass is 32.3. The summed E-state index contributed by atoms with van der Waals surface area (Å²) in [6.45, 7) is 16.8. The third-order valence-electron chi connectivity index (χ3n) is 5.86. The molecule has 0 saturated carbocycles. The fourth-order valence-electron chi connectivity index (χ4n) is 3.13. The Morgan fingerprint density at radius 2 is 1.51 bits per heavy atom. The van der Waals surface area contributed by atoms with Crippen molar-refractivity contribution >= 4 is 22.1 Å². The van der Waals surface area contributed by atoms with Crippen LogP contribution in [0.3, 0.4) is 0 Å². The maximum atomic E-state index is 13.2. The predicted octanol–water partition coefficient (Wildman–Crippen LogP) is 7.94. The molecule has 0 N–H and O–H groups in total. The number of carbonyl (C=O) groups is 1. The van der Waals surface area contributed by atoms with E-state index in [0.29, 0.717) is 19.5 Å². The lowest BCUT2D eigenvalue weighted by Gasteiger charge is -2.46. The molecule has 1 amide bonds. The summed E-state index contributed by atoms with van der Waals surface area (Å²) >= 11 is 0. The van der Waals surface area contributed by atoms with E-state index in [9.17, 15) is 14.9 Å². The van der Waals surface area contributed by atoms with Gasteiger partial charge < -0.3 is 13.8 Å². The molecule has 7 nitrogen and oxygen atoms in total. The highest BCUT2D eigenvalue weighted by molar-refractivity contribution is 8.29. The Morgan fingerprint density at radius 3 is 1.97 bits per heavy atom. The molecular weight excluding hydrogens is 488 g/mol. The molecule has 2 aromatic carbocycles. The second kappa shape index (κ2) is 13.8. The minimum atomic E-state index is -1.47. The molecule has 2 rings (SSSR count). The summed E-state index contributed by atoms with van der Waals surface area (Å²) < 4.78 is 12.4. The molecule has 0 fully saturated rings. The standard InChI is InChI=1S/C27H40N2O5S.C2H6/c1-26(2,3)33-25(30)28(19-18-21-14-16-23(17-15-21)29(31)32)20-24(22-12-10-9-11-13-22)34-35(7,8)27(4,5)6;1-2/h9-17,24H,18-20H2,1-8H3;1-2H3/t24-;/m0./s1. The highest BCUT2D eigenvalue weighted by Crippen LogP contribution is 2.56. The fourth-order valence-corrected chi connectivity index (χ4v) is 4.17. The number of ether oxygens (including phenoxy) is 1. The Labute approximate surface area is 225 Å². The molecule has 8 heteroatoms. The first kappa shape index (κ1) is 32.4. The van der Waals surface area contributed by atoms with E-state index in [1.807, 2.05) is 65.0 Å². The minimum Gasteiger partial charge on any atom is -0.444 e. The summed E-state index contributed by atoms with van der Waals surface area (Å²) in [5.41, 5.74) is 1.31. The molecule has 0 aliphatic rings. The minimum absolute atomic E-state index is 0.0441. The van der Waals surface area contributed by atoms with Crippen LogP contribution in [-0.4, -0.2) is 51.9 Å². The lowest BCUT2D eigenvalue weighted by atomic mass is 10.1. The van der Waals surface area contributed by atoms with Crippen LogP contribution in [0.2, 0.25) is 0 Å². The van der Waals surface area contributed by atoms with Gasteiger partial charge in [0.2, 0.25) is 0 Å². The molecule has 2 aromatic rings. The van der Waals surface area contributed by atoms with Crippen molar-refractivity contribution in [2.75, 3.05) is 25.6 Å². The number of nitro groups is 1. The van der Waals surface area contributed by atoms with Crippen molar-refractivity contribution in [2.45, 2.75) is 78.3 Å². The topological polar surface area (TPSA) is 81.9 Å². The molecule has 208 valence electrons. The fraction of sp³-hybridized carbons (Fsp3) is 0.552. The van der Waals surface area contributed by atoms with Crippen molar-refractivity contribution < 1.29 is 18.6 Å². The van der Waals surface area contributed by atoms with E-state index in [4.69, 9.17) is 8.92 Å². The second-order valence-corrected chi connectivity index (χ2v) is 14.8. The van der Waals surface area contributed by atoms with Gasteiger partial charge in [0.05, 0.1) is 11.5 Å². The molecule has 0 radical (unpaired) electrons. The van der Waals surface area contributed by atoms with Crippen molar-refractivity contribution in [2.24, 2.45) is 0 Å². The van der Waals surface area contributed by atoms with Crippen LogP contribution < -0.4 is 0 Å². The van der Waals surface area contributed by atoms with Gasteiger partial charge in [-0.3, -0.25) is 10.1 Å². The van der Waals surface area contributed by atoms with Crippen LogP contribution in [0, 0.1) is 10.1 Å². The Hall–Kier alpha value is -2.58. The van der Waals surface area contributed by atoms with Crippen LogP contribution in [0.4, 0.5) is 10.5 Å². The summed E-state index contributed by atoms with van der Waals surface area (Å²) in [6.07, 6.45) is 4.10. The number of nitrogens with zero attached hydrogens (tertiary/aromatic N) is 2. The van der Waals surface area contributed by atoms with Gasteiger partial charge in [0.25, 0.3) is 5.69 Å². The van der Waals surface area contributed by atoms with Crippen LogP contribution in [0.5, 0.6) is 0 Å². The van der Waals surface area contributed by atoms with Gasteiger partial charge in [-0.2, -0.15) is 0 Å². The number of carbonyl (C=O) groups excluding carboxylic acids is 1. The lowest BCUT2D eigenvalue weighted by Crippen LogP contribution is -2.41. The van der Waals surface area contributed by atoms with Gasteiger partial charge >= 0.3 is 6.09 Å². The predicted molar refractivity (Wildman–Crippen MR) is 155 cm³/mol. The van der Waals surface area contributed by atoms with Crippen molar-refractivity contribution in [3.05, 3.63) is 75.8 Å². The maximum absolute atomic E-state index is 13.2. The van der Waals surface area contributed by atoms with E-state index in [1.165, 1.54) is 12.1 Å². The maximum Gasteiger partial charge on any atom is 0.410 e. The number of amides is 1. The first-order valence-electron chi connectivity index (χ1n) is 12.8. The summed E-state index contributed by atoms with van der Waals surface area (Å²) in [5, 5.41) is 11.0. The van der Waals surface area contributed by atoms with Crippen LogP contribution in [0.15, 0.2) is 54.6 Å². The average molecular weight is 535 g/mol. The summed E-state index contributed by atoms with van der Waals surface area (Å²) in [6, 6.07) is 16.4. The largest absolute Gasteiger partial charge is 0.444 e. The Morgan fingerprint density at radius 1 is 0.973 bits per heavy atom. The molecule has 1 atom stereocenters. The smallest absolute Gasteiger partial charge is 0.410 e. The summed E-state index contributed by atoms with van der Waals surface area (Å²) in [7, 11) is -1.47. The quantitative estimate of drug-likeness (QED) is 0.241. The Balaban J connectivity index is 0.00000334. The summed E-state index contributed by atoms with van der Waals surface area (Å²) in [5.74, 6) is 0. The van der Waals surface area contributed by atoms with Gasteiger partial charge in [0.1, 0.15) is 11.7 Å². The normalized spacial score (nSPS) is 13.1.